The fourth-order valence-electron chi connectivity index (χ4n) is 4.82. The number of aryl methyl sites for hydroxylation is 1. The average Bonchev–Trinajstić information content (AvgIpc) is 3.30. The van der Waals surface area contributed by atoms with Gasteiger partial charge in [-0.1, -0.05) is 29.8 Å². The van der Waals surface area contributed by atoms with Gasteiger partial charge in [-0.05, 0) is 75.7 Å². The lowest BCUT2D eigenvalue weighted by Gasteiger charge is -2.10. The average molecular weight is 476 g/mol. The van der Waals surface area contributed by atoms with Crippen molar-refractivity contribution < 1.29 is 17.9 Å². The molecule has 0 radical (unpaired) electrons. The third-order valence-corrected chi connectivity index (χ3v) is 6.16. The first kappa shape index (κ1) is 22.5. The van der Waals surface area contributed by atoms with E-state index in [0.29, 0.717) is 33.4 Å². The van der Waals surface area contributed by atoms with Crippen LogP contribution in [0.4, 0.5) is 13.2 Å². The Morgan fingerprint density at radius 2 is 1.06 bits per heavy atom. The van der Waals surface area contributed by atoms with E-state index in [9.17, 15) is 34.2 Å². The molecule has 170 valence electrons. The van der Waals surface area contributed by atoms with Gasteiger partial charge < -0.3 is 4.74 Å². The van der Waals surface area contributed by atoms with E-state index in [2.05, 4.69) is 4.74 Å². The van der Waals surface area contributed by atoms with Crippen molar-refractivity contribution in [3.8, 4) is 52.3 Å². The molecule has 0 saturated carbocycles. The first-order valence-corrected chi connectivity index (χ1v) is 10.5. The van der Waals surface area contributed by atoms with Crippen molar-refractivity contribution in [2.45, 2.75) is 13.3 Å². The van der Waals surface area contributed by atoms with Crippen LogP contribution in [-0.2, 0) is 0 Å². The fraction of sp³-hybridized carbons (Fsp3) is 0.0714. The predicted molar refractivity (Wildman–Crippen MR) is 123 cm³/mol. The Labute approximate surface area is 203 Å². The molecule has 0 N–H and O–H groups in total. The summed E-state index contributed by atoms with van der Waals surface area (Å²) in [6.07, 6.45) is -4.91. The fourth-order valence-corrected chi connectivity index (χ4v) is 4.82. The van der Waals surface area contributed by atoms with E-state index in [0.717, 1.165) is 22.8 Å². The Morgan fingerprint density at radius 3 is 1.56 bits per heavy atom. The predicted octanol–water partition coefficient (Wildman–Crippen LogP) is 6.55. The van der Waals surface area contributed by atoms with Crippen LogP contribution in [0.5, 0.6) is 5.75 Å². The second-order valence-electron chi connectivity index (χ2n) is 8.19. The molecule has 2 aliphatic rings. The lowest BCUT2D eigenvalue weighted by atomic mass is 9.93. The first-order chi connectivity index (χ1) is 17.2. The van der Waals surface area contributed by atoms with E-state index in [4.69, 9.17) is 0 Å². The van der Waals surface area contributed by atoms with Crippen molar-refractivity contribution in [3.05, 3.63) is 87.5 Å². The van der Waals surface area contributed by atoms with Crippen LogP contribution in [0.15, 0.2) is 59.7 Å². The van der Waals surface area contributed by atoms with Crippen LogP contribution in [0.2, 0.25) is 0 Å². The summed E-state index contributed by atoms with van der Waals surface area (Å²) in [6, 6.07) is 20.5. The zero-order valence-corrected chi connectivity index (χ0v) is 18.4. The van der Waals surface area contributed by atoms with Gasteiger partial charge in [-0.3, -0.25) is 0 Å². The Balaban J connectivity index is 1.86. The number of hydrogen-bond acceptors (Lipinski definition) is 5. The minimum atomic E-state index is -4.91. The summed E-state index contributed by atoms with van der Waals surface area (Å²) < 4.78 is 42.7. The van der Waals surface area contributed by atoms with Gasteiger partial charge in [-0.2, -0.15) is 21.0 Å². The van der Waals surface area contributed by atoms with Gasteiger partial charge >= 0.3 is 6.36 Å². The second kappa shape index (κ2) is 7.88. The topological polar surface area (TPSA) is 104 Å². The molecule has 5 nitrogen and oxygen atoms in total. The van der Waals surface area contributed by atoms with Gasteiger partial charge in [-0.15, -0.1) is 13.2 Å². The summed E-state index contributed by atoms with van der Waals surface area (Å²) >= 11 is 0. The van der Waals surface area contributed by atoms with Gasteiger partial charge in [0.1, 0.15) is 41.2 Å². The zero-order chi connectivity index (χ0) is 25.8. The molecule has 2 aliphatic carbocycles. The van der Waals surface area contributed by atoms with Crippen LogP contribution in [0.25, 0.3) is 33.4 Å². The van der Waals surface area contributed by atoms with Gasteiger partial charge in [0, 0.05) is 11.1 Å². The Kier molecular flexibility index (Phi) is 4.92. The number of hydrogen-bond donors (Lipinski definition) is 0. The number of nitrogens with zero attached hydrogens (tertiary/aromatic N) is 4. The van der Waals surface area contributed by atoms with Crippen LogP contribution in [0.1, 0.15) is 27.8 Å². The first-order valence-electron chi connectivity index (χ1n) is 10.5. The molecule has 0 fully saturated rings. The van der Waals surface area contributed by atoms with Crippen molar-refractivity contribution in [1.29, 1.82) is 21.0 Å². The third-order valence-electron chi connectivity index (χ3n) is 6.16. The molecule has 0 spiro atoms. The van der Waals surface area contributed by atoms with Gasteiger partial charge in [0.25, 0.3) is 0 Å². The highest BCUT2D eigenvalue weighted by molar-refractivity contribution is 6.11. The lowest BCUT2D eigenvalue weighted by molar-refractivity contribution is -0.274. The summed E-state index contributed by atoms with van der Waals surface area (Å²) in [6.45, 7) is 1.89. The number of fused-ring (bicyclic) bond motifs is 6. The van der Waals surface area contributed by atoms with Gasteiger partial charge in [-0.25, -0.2) is 0 Å². The quantitative estimate of drug-likeness (QED) is 0.255. The van der Waals surface area contributed by atoms with Crippen molar-refractivity contribution in [2.24, 2.45) is 0 Å². The molecule has 0 aromatic heterocycles. The van der Waals surface area contributed by atoms with Crippen LogP contribution < -0.4 is 4.74 Å². The third kappa shape index (κ3) is 3.30. The van der Waals surface area contributed by atoms with Gasteiger partial charge in [0.05, 0.1) is 0 Å². The summed E-state index contributed by atoms with van der Waals surface area (Å²) in [5.41, 5.74) is 5.83. The molecular weight excluding hydrogens is 465 g/mol. The molecule has 0 heterocycles. The summed E-state index contributed by atoms with van der Waals surface area (Å²) in [5, 5.41) is 38.6. The molecule has 0 aliphatic heterocycles. The highest BCUT2D eigenvalue weighted by Crippen LogP contribution is 2.54. The van der Waals surface area contributed by atoms with Crippen molar-refractivity contribution in [1.82, 2.24) is 0 Å². The largest absolute Gasteiger partial charge is 0.573 e. The van der Waals surface area contributed by atoms with E-state index in [1.165, 1.54) is 12.1 Å². The van der Waals surface area contributed by atoms with Crippen molar-refractivity contribution in [3.63, 3.8) is 0 Å². The van der Waals surface area contributed by atoms with Crippen LogP contribution in [0, 0.1) is 52.2 Å². The Bertz CT molecular complexity index is 1720. The molecule has 0 unspecified atom stereocenters. The zero-order valence-electron chi connectivity index (χ0n) is 18.4. The molecule has 3 aromatic rings. The van der Waals surface area contributed by atoms with Crippen LogP contribution in [-0.4, -0.2) is 6.36 Å². The number of ether oxygens (including phenoxy) is 1. The van der Waals surface area contributed by atoms with Crippen LogP contribution >= 0.6 is 0 Å². The smallest absolute Gasteiger partial charge is 0.406 e. The standard InChI is InChI=1S/C28H11F3N4O/c1-14-2-4-18-20-8-21-19-5-3-17(36-28(29,30)31)7-23(19)27(16(12-34)13-35)25(21)9-24(20)26(22(18)6-14)15(10-32)11-33/h2-9H,1H3. The molecule has 8 heteroatoms. The van der Waals surface area contributed by atoms with Crippen LogP contribution in [0.3, 0.4) is 0 Å². The van der Waals surface area contributed by atoms with E-state index >= 15 is 0 Å². The number of rotatable bonds is 1. The summed E-state index contributed by atoms with van der Waals surface area (Å²) in [7, 11) is 0. The maximum absolute atomic E-state index is 12.9. The number of nitriles is 4. The summed E-state index contributed by atoms with van der Waals surface area (Å²) in [5.74, 6) is -0.480. The Morgan fingerprint density at radius 1 is 0.611 bits per heavy atom. The lowest BCUT2D eigenvalue weighted by Crippen LogP contribution is -2.17. The number of allylic oxidation sites excluding steroid dienone is 2. The minimum Gasteiger partial charge on any atom is -0.406 e. The van der Waals surface area contributed by atoms with Crippen molar-refractivity contribution in [2.75, 3.05) is 0 Å². The molecule has 5 rings (SSSR count). The van der Waals surface area contributed by atoms with E-state index < -0.39 is 12.1 Å². The number of benzene rings is 3. The molecule has 0 amide bonds. The molecule has 36 heavy (non-hydrogen) atoms. The maximum Gasteiger partial charge on any atom is 0.573 e. The van der Waals surface area contributed by atoms with E-state index in [-0.39, 0.29) is 22.3 Å². The Hall–Kier alpha value is -5.31. The van der Waals surface area contributed by atoms with Gasteiger partial charge in [0.15, 0.2) is 0 Å². The molecular formula is C28H11F3N4O. The van der Waals surface area contributed by atoms with E-state index in [1.54, 1.807) is 6.07 Å². The van der Waals surface area contributed by atoms with E-state index in [1.807, 2.05) is 55.5 Å². The summed E-state index contributed by atoms with van der Waals surface area (Å²) in [4.78, 5) is 0. The molecule has 0 bridgehead atoms. The number of alkyl halides is 3. The minimum absolute atomic E-state index is 0.0942. The molecule has 0 atom stereocenters. The monoisotopic (exact) mass is 476 g/mol. The number of halogens is 3. The highest BCUT2D eigenvalue weighted by atomic mass is 19.4. The second-order valence-corrected chi connectivity index (χ2v) is 8.19. The SMILES string of the molecule is Cc1ccc2c(c1)C(=C(C#N)C#N)c1cc3c(cc1-2)-c1ccc(OC(F)(F)F)cc1C3=C(C#N)C#N. The van der Waals surface area contributed by atoms with Crippen molar-refractivity contribution >= 4 is 11.1 Å². The molecule has 3 aromatic carbocycles. The molecule has 0 saturated heterocycles. The maximum atomic E-state index is 12.9. The highest BCUT2D eigenvalue weighted by Gasteiger charge is 2.35. The normalized spacial score (nSPS) is 12.2. The van der Waals surface area contributed by atoms with Gasteiger partial charge in [0.2, 0.25) is 0 Å².